The number of benzene rings is 1. The third-order valence-electron chi connectivity index (χ3n) is 6.19. The molecule has 1 heterocycles. The Labute approximate surface area is 179 Å². The predicted molar refractivity (Wildman–Crippen MR) is 118 cm³/mol. The van der Waals surface area contributed by atoms with Crippen molar-refractivity contribution in [2.24, 2.45) is 5.92 Å². The van der Waals surface area contributed by atoms with Crippen LogP contribution in [0.5, 0.6) is 0 Å². The van der Waals surface area contributed by atoms with Crippen molar-refractivity contribution in [1.29, 1.82) is 5.41 Å². The number of nitrogens with one attached hydrogen (secondary N) is 4. The smallest absolute Gasteiger partial charge is 0.315 e. The van der Waals surface area contributed by atoms with Gasteiger partial charge in [0, 0.05) is 13.1 Å². The minimum atomic E-state index is -0.666. The first-order chi connectivity index (χ1) is 14.4. The van der Waals surface area contributed by atoms with Crippen molar-refractivity contribution >= 4 is 17.9 Å². The number of hydrogen-bond donors (Lipinski definition) is 4. The third-order valence-corrected chi connectivity index (χ3v) is 6.19. The first-order valence-electron chi connectivity index (χ1n) is 11.2. The second kappa shape index (κ2) is 9.96. The van der Waals surface area contributed by atoms with E-state index in [2.05, 4.69) is 22.9 Å². The number of amides is 3. The molecule has 30 heavy (non-hydrogen) atoms. The van der Waals surface area contributed by atoms with Crippen LogP contribution >= 0.6 is 0 Å². The molecule has 7 heteroatoms. The lowest BCUT2D eigenvalue weighted by molar-refractivity contribution is -0.131. The zero-order valence-corrected chi connectivity index (χ0v) is 18.2. The molecule has 3 amide bonds. The summed E-state index contributed by atoms with van der Waals surface area (Å²) in [5.74, 6) is 0.758. The summed E-state index contributed by atoms with van der Waals surface area (Å²) in [7, 11) is 0. The maximum Gasteiger partial charge on any atom is 0.315 e. The van der Waals surface area contributed by atoms with E-state index in [0.29, 0.717) is 25.6 Å². The van der Waals surface area contributed by atoms with E-state index in [1.807, 2.05) is 31.2 Å². The highest BCUT2D eigenvalue weighted by Gasteiger charge is 2.47. The van der Waals surface area contributed by atoms with Gasteiger partial charge < -0.3 is 16.0 Å². The molecule has 2 aliphatic rings. The van der Waals surface area contributed by atoms with Crippen LogP contribution in [0.25, 0.3) is 0 Å². The van der Waals surface area contributed by atoms with E-state index in [1.54, 1.807) is 4.90 Å². The second-order valence-corrected chi connectivity index (χ2v) is 8.83. The minimum absolute atomic E-state index is 0.00565. The van der Waals surface area contributed by atoms with Gasteiger partial charge in [0.25, 0.3) is 5.91 Å². The Morgan fingerprint density at radius 3 is 2.53 bits per heavy atom. The highest BCUT2D eigenvalue weighted by atomic mass is 16.2. The van der Waals surface area contributed by atoms with Gasteiger partial charge in [0.05, 0.1) is 6.54 Å². The molecule has 1 aliphatic heterocycles. The minimum Gasteiger partial charge on any atom is -0.342 e. The van der Waals surface area contributed by atoms with Gasteiger partial charge in [-0.05, 0) is 36.8 Å². The van der Waals surface area contributed by atoms with Gasteiger partial charge in [0.2, 0.25) is 0 Å². The Balaban J connectivity index is 1.51. The Hall–Kier alpha value is -2.57. The summed E-state index contributed by atoms with van der Waals surface area (Å²) in [5.41, 5.74) is 1.30. The van der Waals surface area contributed by atoms with E-state index >= 15 is 0 Å². The first-order valence-corrected chi connectivity index (χ1v) is 11.2. The highest BCUT2D eigenvalue weighted by Crippen LogP contribution is 2.34. The molecule has 0 radical (unpaired) electrons. The van der Waals surface area contributed by atoms with Crippen LogP contribution in [0, 0.1) is 11.3 Å². The number of rotatable bonds is 9. The van der Waals surface area contributed by atoms with E-state index < -0.39 is 5.54 Å². The lowest BCUT2D eigenvalue weighted by Crippen LogP contribution is -2.45. The quantitative estimate of drug-likeness (QED) is 0.467. The van der Waals surface area contributed by atoms with Gasteiger partial charge in [-0.1, -0.05) is 63.3 Å². The predicted octanol–water partition coefficient (Wildman–Crippen LogP) is 3.49. The fraction of sp³-hybridized carbons (Fsp3) is 0.609. The van der Waals surface area contributed by atoms with Crippen molar-refractivity contribution in [2.75, 3.05) is 6.54 Å². The van der Waals surface area contributed by atoms with Gasteiger partial charge in [0.1, 0.15) is 5.54 Å². The fourth-order valence-electron chi connectivity index (χ4n) is 4.43. The molecule has 0 unspecified atom stereocenters. The topological polar surface area (TPSA) is 97.3 Å². The summed E-state index contributed by atoms with van der Waals surface area (Å²) >= 11 is 0. The molecule has 1 atom stereocenters. The van der Waals surface area contributed by atoms with Gasteiger partial charge in [0.15, 0.2) is 5.96 Å². The standard InChI is InChI=1S/C23H35N5O2/c1-3-4-13-25-22(30)26-15-18-9-11-19(12-10-18)16-28-20(29)23(2,27-21(28)24)14-17-7-5-6-8-17/h9-12,17H,3-8,13-16H2,1-2H3,(H2,24,27)(H2,25,26,30)/t23-/m1/s1. The van der Waals surface area contributed by atoms with Crippen LogP contribution in [-0.4, -0.2) is 34.9 Å². The van der Waals surface area contributed by atoms with Crippen LogP contribution in [0.1, 0.15) is 69.9 Å². The molecule has 1 saturated carbocycles. The lowest BCUT2D eigenvalue weighted by Gasteiger charge is -2.25. The van der Waals surface area contributed by atoms with Crippen molar-refractivity contribution < 1.29 is 9.59 Å². The average Bonchev–Trinajstić information content (AvgIpc) is 3.30. The molecule has 0 spiro atoms. The largest absolute Gasteiger partial charge is 0.342 e. The van der Waals surface area contributed by atoms with E-state index in [1.165, 1.54) is 25.7 Å². The number of urea groups is 1. The molecule has 1 saturated heterocycles. The molecule has 4 N–H and O–H groups in total. The van der Waals surface area contributed by atoms with Gasteiger partial charge in [-0.25, -0.2) is 4.79 Å². The van der Waals surface area contributed by atoms with Crippen LogP contribution in [0.3, 0.4) is 0 Å². The summed E-state index contributed by atoms with van der Waals surface area (Å²) < 4.78 is 0. The molecule has 164 valence electrons. The number of nitrogens with zero attached hydrogens (tertiary/aromatic N) is 1. The maximum atomic E-state index is 13.1. The van der Waals surface area contributed by atoms with Crippen LogP contribution in [0.4, 0.5) is 4.79 Å². The third kappa shape index (κ3) is 5.52. The first kappa shape index (κ1) is 22.1. The molecule has 1 aromatic carbocycles. The molecule has 7 nitrogen and oxygen atoms in total. The summed E-state index contributed by atoms with van der Waals surface area (Å²) in [5, 5.41) is 17.1. The molecule has 2 fully saturated rings. The zero-order chi connectivity index (χ0) is 21.6. The van der Waals surface area contributed by atoms with Gasteiger partial charge >= 0.3 is 6.03 Å². The van der Waals surface area contributed by atoms with E-state index in [-0.39, 0.29) is 17.9 Å². The Kier molecular flexibility index (Phi) is 7.34. The molecule has 3 rings (SSSR count). The van der Waals surface area contributed by atoms with Crippen molar-refractivity contribution in [2.45, 2.75) is 77.4 Å². The zero-order valence-electron chi connectivity index (χ0n) is 18.2. The Morgan fingerprint density at radius 1 is 1.20 bits per heavy atom. The second-order valence-electron chi connectivity index (χ2n) is 8.83. The Morgan fingerprint density at radius 2 is 1.87 bits per heavy atom. The van der Waals surface area contributed by atoms with Crippen LogP contribution in [0.2, 0.25) is 0 Å². The van der Waals surface area contributed by atoms with Crippen molar-refractivity contribution in [3.05, 3.63) is 35.4 Å². The molecule has 0 aromatic heterocycles. The molecule has 1 aliphatic carbocycles. The van der Waals surface area contributed by atoms with Gasteiger partial charge in [-0.3, -0.25) is 15.1 Å². The van der Waals surface area contributed by atoms with E-state index in [4.69, 9.17) is 5.41 Å². The summed E-state index contributed by atoms with van der Waals surface area (Å²) in [6, 6.07) is 7.67. The van der Waals surface area contributed by atoms with Crippen molar-refractivity contribution in [3.8, 4) is 0 Å². The van der Waals surface area contributed by atoms with Crippen LogP contribution in [-0.2, 0) is 17.9 Å². The van der Waals surface area contributed by atoms with Gasteiger partial charge in [-0.15, -0.1) is 0 Å². The van der Waals surface area contributed by atoms with Crippen molar-refractivity contribution in [3.63, 3.8) is 0 Å². The summed E-state index contributed by atoms with van der Waals surface area (Å²) in [6.45, 7) is 5.55. The number of carbonyl (C=O) groups is 2. The summed E-state index contributed by atoms with van der Waals surface area (Å²) in [4.78, 5) is 26.3. The van der Waals surface area contributed by atoms with Crippen molar-refractivity contribution in [1.82, 2.24) is 20.9 Å². The molecule has 0 bridgehead atoms. The maximum absolute atomic E-state index is 13.1. The number of hydrogen-bond acceptors (Lipinski definition) is 3. The lowest BCUT2D eigenvalue weighted by atomic mass is 9.88. The Bertz CT molecular complexity index is 757. The molecule has 1 aromatic rings. The number of guanidine groups is 1. The normalized spacial score (nSPS) is 21.7. The molecular formula is C23H35N5O2. The number of carbonyl (C=O) groups excluding carboxylic acids is 2. The number of unbranched alkanes of at least 4 members (excludes halogenated alkanes) is 1. The van der Waals surface area contributed by atoms with E-state index in [9.17, 15) is 9.59 Å². The SMILES string of the molecule is CCCCNC(=O)NCc1ccc(CN2C(=N)N[C@](C)(CC3CCCC3)C2=O)cc1. The summed E-state index contributed by atoms with van der Waals surface area (Å²) in [6.07, 6.45) is 7.69. The fourth-order valence-corrected chi connectivity index (χ4v) is 4.43. The highest BCUT2D eigenvalue weighted by molar-refractivity contribution is 6.07. The van der Waals surface area contributed by atoms with Gasteiger partial charge in [-0.2, -0.15) is 0 Å². The average molecular weight is 414 g/mol. The monoisotopic (exact) mass is 413 g/mol. The van der Waals surface area contributed by atoms with Crippen LogP contribution < -0.4 is 16.0 Å². The van der Waals surface area contributed by atoms with Crippen LogP contribution in [0.15, 0.2) is 24.3 Å². The molecular weight excluding hydrogens is 378 g/mol. The van der Waals surface area contributed by atoms with E-state index in [0.717, 1.165) is 30.4 Å².